The highest BCUT2D eigenvalue weighted by Gasteiger charge is 2.36. The summed E-state index contributed by atoms with van der Waals surface area (Å²) in [6, 6.07) is 6.73. The minimum Gasteiger partial charge on any atom is -0.318 e. The molecule has 8 heteroatoms. The van der Waals surface area contributed by atoms with Crippen LogP contribution in [0.5, 0.6) is 0 Å². The average Bonchev–Trinajstić information content (AvgIpc) is 2.80. The third kappa shape index (κ3) is 3.75. The maximum absolute atomic E-state index is 12.5. The summed E-state index contributed by atoms with van der Waals surface area (Å²) in [6.07, 6.45) is 0.751. The maximum Gasteiger partial charge on any atom is 0.347 e. The summed E-state index contributed by atoms with van der Waals surface area (Å²) in [5, 5.41) is 0. The van der Waals surface area contributed by atoms with Crippen molar-refractivity contribution in [1.29, 1.82) is 0 Å². The van der Waals surface area contributed by atoms with Gasteiger partial charge in [-0.1, -0.05) is 12.1 Å². The lowest BCUT2D eigenvalue weighted by Gasteiger charge is -2.23. The molecule has 2 amide bonds. The number of carbonyl (C=O) groups excluding carboxylic acids is 2. The number of rotatable bonds is 9. The normalized spacial score (nSPS) is 15.7. The molecule has 0 bridgehead atoms. The van der Waals surface area contributed by atoms with Crippen LogP contribution in [0.4, 0.5) is 0 Å². The van der Waals surface area contributed by atoms with Crippen molar-refractivity contribution >= 4 is 19.4 Å². The molecular weight excluding hydrogens is 331 g/mol. The number of amides is 2. The zero-order valence-electron chi connectivity index (χ0n) is 13.9. The number of hydrogen-bond donors (Lipinski definition) is 1. The van der Waals surface area contributed by atoms with Crippen molar-refractivity contribution in [2.24, 2.45) is 5.73 Å². The van der Waals surface area contributed by atoms with Gasteiger partial charge in [-0.3, -0.25) is 19.1 Å². The van der Waals surface area contributed by atoms with Crippen molar-refractivity contribution in [3.63, 3.8) is 0 Å². The molecule has 7 nitrogen and oxygen atoms in total. The Balaban J connectivity index is 1.94. The summed E-state index contributed by atoms with van der Waals surface area (Å²) in [5.41, 5.74) is 6.80. The summed E-state index contributed by atoms with van der Waals surface area (Å²) in [6.45, 7) is 4.14. The van der Waals surface area contributed by atoms with Crippen molar-refractivity contribution in [1.82, 2.24) is 4.90 Å². The number of benzene rings is 1. The molecule has 0 spiro atoms. The Bertz CT molecular complexity index is 619. The summed E-state index contributed by atoms with van der Waals surface area (Å²) >= 11 is 0. The van der Waals surface area contributed by atoms with Crippen LogP contribution in [0.3, 0.4) is 0 Å². The lowest BCUT2D eigenvalue weighted by Crippen LogP contribution is -2.32. The molecule has 1 aromatic carbocycles. The van der Waals surface area contributed by atoms with Gasteiger partial charge in [0.25, 0.3) is 11.8 Å². The monoisotopic (exact) mass is 354 g/mol. The van der Waals surface area contributed by atoms with Gasteiger partial charge in [0.1, 0.15) is 5.78 Å². The van der Waals surface area contributed by atoms with Gasteiger partial charge in [-0.15, -0.1) is 0 Å². The Kier molecular flexibility index (Phi) is 6.29. The second-order valence-electron chi connectivity index (χ2n) is 5.39. The molecule has 2 rings (SSSR count). The zero-order chi connectivity index (χ0) is 17.7. The highest BCUT2D eigenvalue weighted by atomic mass is 31.2. The first-order valence-corrected chi connectivity index (χ1v) is 9.65. The van der Waals surface area contributed by atoms with E-state index in [4.69, 9.17) is 14.8 Å². The van der Waals surface area contributed by atoms with Gasteiger partial charge in [-0.05, 0) is 38.8 Å². The summed E-state index contributed by atoms with van der Waals surface area (Å²) in [4.78, 5) is 25.7. The zero-order valence-corrected chi connectivity index (χ0v) is 14.8. The van der Waals surface area contributed by atoms with Crippen LogP contribution < -0.4 is 5.73 Å². The minimum atomic E-state index is -3.37. The van der Waals surface area contributed by atoms with E-state index < -0.39 is 13.4 Å². The Hall–Kier alpha value is -1.53. The topological polar surface area (TPSA) is 98.9 Å². The fourth-order valence-corrected chi connectivity index (χ4v) is 4.32. The van der Waals surface area contributed by atoms with E-state index in [9.17, 15) is 14.2 Å². The second-order valence-corrected chi connectivity index (χ2v) is 7.65. The lowest BCUT2D eigenvalue weighted by molar-refractivity contribution is 0.0651. The Morgan fingerprint density at radius 1 is 1.08 bits per heavy atom. The minimum absolute atomic E-state index is 0.221. The fraction of sp³-hybridized carbons (Fsp3) is 0.500. The van der Waals surface area contributed by atoms with Gasteiger partial charge in [0.05, 0.1) is 24.3 Å². The number of nitrogens with two attached hydrogens (primary N) is 1. The largest absolute Gasteiger partial charge is 0.347 e. The van der Waals surface area contributed by atoms with E-state index >= 15 is 0 Å². The van der Waals surface area contributed by atoms with Crippen molar-refractivity contribution in [2.75, 3.05) is 19.8 Å². The first kappa shape index (κ1) is 18.8. The SMILES string of the molecule is CCOP(=O)(OCC)C(N)CCCN1C(=O)c2ccccc2C1=O. The Morgan fingerprint density at radius 2 is 1.58 bits per heavy atom. The van der Waals surface area contributed by atoms with Gasteiger partial charge < -0.3 is 14.8 Å². The first-order valence-electron chi connectivity index (χ1n) is 8.04. The molecule has 0 aliphatic carbocycles. The molecule has 2 N–H and O–H groups in total. The molecule has 1 heterocycles. The quantitative estimate of drug-likeness (QED) is 0.541. The van der Waals surface area contributed by atoms with Gasteiger partial charge in [0, 0.05) is 6.54 Å². The van der Waals surface area contributed by atoms with E-state index in [0.717, 1.165) is 0 Å². The number of imide groups is 1. The van der Waals surface area contributed by atoms with Crippen LogP contribution >= 0.6 is 7.60 Å². The summed E-state index contributed by atoms with van der Waals surface area (Å²) in [5.74, 6) is -1.39. The Morgan fingerprint density at radius 3 is 2.04 bits per heavy atom. The molecule has 0 aromatic heterocycles. The van der Waals surface area contributed by atoms with E-state index in [1.165, 1.54) is 4.90 Å². The molecule has 1 aliphatic rings. The molecule has 1 aromatic rings. The van der Waals surface area contributed by atoms with Crippen LogP contribution in [-0.4, -0.2) is 42.3 Å². The standard InChI is InChI=1S/C16H23N2O5P/c1-3-22-24(21,23-4-2)14(17)10-7-11-18-15(19)12-8-5-6-9-13(12)16(18)20/h5-6,8-9,14H,3-4,7,10-11,17H2,1-2H3. The van der Waals surface area contributed by atoms with Crippen LogP contribution in [-0.2, 0) is 13.6 Å². The molecule has 24 heavy (non-hydrogen) atoms. The maximum atomic E-state index is 12.5. The van der Waals surface area contributed by atoms with Gasteiger partial charge in [0.2, 0.25) is 0 Å². The molecule has 132 valence electrons. The van der Waals surface area contributed by atoms with Gasteiger partial charge >= 0.3 is 7.60 Å². The fourth-order valence-electron chi connectivity index (χ4n) is 2.65. The van der Waals surface area contributed by atoms with Crippen LogP contribution in [0.15, 0.2) is 24.3 Å². The number of hydrogen-bond acceptors (Lipinski definition) is 6. The molecule has 0 saturated heterocycles. The first-order chi connectivity index (χ1) is 11.4. The second kappa shape index (κ2) is 8.03. The molecule has 1 atom stereocenters. The molecule has 0 saturated carbocycles. The molecular formula is C16H23N2O5P. The number of carbonyl (C=O) groups is 2. The van der Waals surface area contributed by atoms with Crippen molar-refractivity contribution in [2.45, 2.75) is 32.5 Å². The summed E-state index contributed by atoms with van der Waals surface area (Å²) < 4.78 is 22.9. The van der Waals surface area contributed by atoms with Crippen LogP contribution in [0, 0.1) is 0 Å². The van der Waals surface area contributed by atoms with Gasteiger partial charge in [-0.25, -0.2) is 0 Å². The predicted molar refractivity (Wildman–Crippen MR) is 89.9 cm³/mol. The summed E-state index contributed by atoms with van der Waals surface area (Å²) in [7, 11) is -3.37. The van der Waals surface area contributed by atoms with E-state index in [-0.39, 0.29) is 31.6 Å². The van der Waals surface area contributed by atoms with Crippen molar-refractivity contribution in [3.8, 4) is 0 Å². The third-order valence-corrected chi connectivity index (χ3v) is 6.09. The highest BCUT2D eigenvalue weighted by Crippen LogP contribution is 2.52. The number of fused-ring (bicyclic) bond motifs is 1. The lowest BCUT2D eigenvalue weighted by atomic mass is 10.1. The van der Waals surface area contributed by atoms with E-state index in [1.807, 2.05) is 0 Å². The van der Waals surface area contributed by atoms with Gasteiger partial charge in [0.15, 0.2) is 0 Å². The van der Waals surface area contributed by atoms with Crippen LogP contribution in [0.2, 0.25) is 0 Å². The highest BCUT2D eigenvalue weighted by molar-refractivity contribution is 7.54. The molecule has 1 aliphatic heterocycles. The Labute approximate surface area is 141 Å². The number of nitrogens with zero attached hydrogens (tertiary/aromatic N) is 1. The van der Waals surface area contributed by atoms with E-state index in [0.29, 0.717) is 24.0 Å². The van der Waals surface area contributed by atoms with Crippen molar-refractivity contribution in [3.05, 3.63) is 35.4 Å². The van der Waals surface area contributed by atoms with Crippen LogP contribution in [0.1, 0.15) is 47.4 Å². The van der Waals surface area contributed by atoms with E-state index in [1.54, 1.807) is 38.1 Å². The van der Waals surface area contributed by atoms with Crippen LogP contribution in [0.25, 0.3) is 0 Å². The molecule has 0 fully saturated rings. The average molecular weight is 354 g/mol. The van der Waals surface area contributed by atoms with Crippen molar-refractivity contribution < 1.29 is 23.2 Å². The third-order valence-electron chi connectivity index (χ3n) is 3.78. The molecule has 1 unspecified atom stereocenters. The smallest absolute Gasteiger partial charge is 0.318 e. The molecule has 0 radical (unpaired) electrons. The van der Waals surface area contributed by atoms with E-state index in [2.05, 4.69) is 0 Å². The predicted octanol–water partition coefficient (Wildman–Crippen LogP) is 2.61. The van der Waals surface area contributed by atoms with Gasteiger partial charge in [-0.2, -0.15) is 0 Å².